The molecule has 0 aromatic heterocycles. The minimum atomic E-state index is 1.25. The maximum Gasteiger partial charge on any atom is -0.00266 e. The molecule has 0 aliphatic carbocycles. The fourth-order valence-corrected chi connectivity index (χ4v) is 4.54. The van der Waals surface area contributed by atoms with Crippen molar-refractivity contribution in [2.45, 2.75) is 0 Å². The number of benzene rings is 6. The standard InChI is InChI=1S/C30H20/c1-2-8-21(9-3-1)23-13-6-14-26(18-23)28-15-7-12-22-16-17-27-19-24-10-4-5-11-25(24)20-29(27)30(22)28/h1-20H. The highest BCUT2D eigenvalue weighted by Gasteiger charge is 2.10. The summed E-state index contributed by atoms with van der Waals surface area (Å²) in [7, 11) is 0. The largest absolute Gasteiger partial charge is 0.0622 e. The SMILES string of the molecule is c1ccc(-c2cccc(-c3cccc4ccc5cc6ccccc6cc5c34)c2)cc1. The molecule has 0 aliphatic rings. The van der Waals surface area contributed by atoms with E-state index in [9.17, 15) is 0 Å². The lowest BCUT2D eigenvalue weighted by Crippen LogP contribution is -1.86. The summed E-state index contributed by atoms with van der Waals surface area (Å²) in [6.45, 7) is 0. The van der Waals surface area contributed by atoms with Gasteiger partial charge >= 0.3 is 0 Å². The molecule has 6 aromatic rings. The molecule has 0 fully saturated rings. The lowest BCUT2D eigenvalue weighted by atomic mass is 9.91. The molecule has 0 nitrogen and oxygen atoms in total. The lowest BCUT2D eigenvalue weighted by Gasteiger charge is -2.13. The first-order chi connectivity index (χ1) is 14.9. The van der Waals surface area contributed by atoms with E-state index >= 15 is 0 Å². The molecule has 0 aliphatic heterocycles. The van der Waals surface area contributed by atoms with Crippen LogP contribution < -0.4 is 0 Å². The molecule has 0 amide bonds. The Hall–Kier alpha value is -3.90. The van der Waals surface area contributed by atoms with Crippen LogP contribution in [-0.4, -0.2) is 0 Å². The minimum absolute atomic E-state index is 1.25. The van der Waals surface area contributed by atoms with Crippen molar-refractivity contribution in [3.63, 3.8) is 0 Å². The molecule has 0 unspecified atom stereocenters. The molecule has 0 saturated carbocycles. The molecule has 0 heteroatoms. The molecule has 0 spiro atoms. The van der Waals surface area contributed by atoms with Gasteiger partial charge in [0.05, 0.1) is 0 Å². The molecular formula is C30H20. The summed E-state index contributed by atoms with van der Waals surface area (Å²) < 4.78 is 0. The van der Waals surface area contributed by atoms with Gasteiger partial charge in [0, 0.05) is 0 Å². The second-order valence-electron chi connectivity index (χ2n) is 7.84. The van der Waals surface area contributed by atoms with E-state index in [1.807, 2.05) is 0 Å². The van der Waals surface area contributed by atoms with Crippen LogP contribution in [0.5, 0.6) is 0 Å². The van der Waals surface area contributed by atoms with Crippen LogP contribution in [0.4, 0.5) is 0 Å². The number of hydrogen-bond acceptors (Lipinski definition) is 0. The van der Waals surface area contributed by atoms with Gasteiger partial charge in [0.1, 0.15) is 0 Å². The summed E-state index contributed by atoms with van der Waals surface area (Å²) in [5.41, 5.74) is 5.03. The Morgan fingerprint density at radius 1 is 0.333 bits per heavy atom. The van der Waals surface area contributed by atoms with Gasteiger partial charge in [-0.05, 0) is 72.8 Å². The van der Waals surface area contributed by atoms with Crippen molar-refractivity contribution in [3.05, 3.63) is 121 Å². The number of hydrogen-bond donors (Lipinski definition) is 0. The third-order valence-electron chi connectivity index (χ3n) is 6.01. The molecule has 6 aromatic carbocycles. The van der Waals surface area contributed by atoms with Gasteiger partial charge in [-0.1, -0.05) is 103 Å². The van der Waals surface area contributed by atoms with E-state index < -0.39 is 0 Å². The number of rotatable bonds is 2. The first-order valence-corrected chi connectivity index (χ1v) is 10.4. The van der Waals surface area contributed by atoms with Crippen LogP contribution in [0.2, 0.25) is 0 Å². The van der Waals surface area contributed by atoms with Crippen molar-refractivity contribution < 1.29 is 0 Å². The van der Waals surface area contributed by atoms with E-state index in [-0.39, 0.29) is 0 Å². The molecule has 30 heavy (non-hydrogen) atoms. The zero-order chi connectivity index (χ0) is 19.9. The van der Waals surface area contributed by atoms with Gasteiger partial charge in [-0.2, -0.15) is 0 Å². The van der Waals surface area contributed by atoms with Crippen molar-refractivity contribution in [2.24, 2.45) is 0 Å². The van der Waals surface area contributed by atoms with Crippen LogP contribution in [0.25, 0.3) is 54.6 Å². The Morgan fingerprint density at radius 2 is 0.967 bits per heavy atom. The van der Waals surface area contributed by atoms with Gasteiger partial charge in [0.15, 0.2) is 0 Å². The van der Waals surface area contributed by atoms with Crippen LogP contribution in [0.15, 0.2) is 121 Å². The third-order valence-corrected chi connectivity index (χ3v) is 6.01. The molecule has 0 bridgehead atoms. The van der Waals surface area contributed by atoms with Crippen LogP contribution in [0.1, 0.15) is 0 Å². The Balaban J connectivity index is 1.65. The van der Waals surface area contributed by atoms with Gasteiger partial charge in [0.25, 0.3) is 0 Å². The first kappa shape index (κ1) is 17.0. The Bertz CT molecular complexity index is 1520. The predicted molar refractivity (Wildman–Crippen MR) is 130 cm³/mol. The van der Waals surface area contributed by atoms with Crippen LogP contribution in [-0.2, 0) is 0 Å². The predicted octanol–water partition coefficient (Wildman–Crippen LogP) is 8.48. The topological polar surface area (TPSA) is 0 Å². The minimum Gasteiger partial charge on any atom is -0.0622 e. The second kappa shape index (κ2) is 6.86. The van der Waals surface area contributed by atoms with Gasteiger partial charge < -0.3 is 0 Å². The van der Waals surface area contributed by atoms with Crippen LogP contribution in [0, 0.1) is 0 Å². The van der Waals surface area contributed by atoms with E-state index in [0.29, 0.717) is 0 Å². The molecule has 0 radical (unpaired) electrons. The van der Waals surface area contributed by atoms with Crippen molar-refractivity contribution in [1.29, 1.82) is 0 Å². The molecule has 0 atom stereocenters. The maximum absolute atomic E-state index is 2.34. The van der Waals surface area contributed by atoms with E-state index in [1.54, 1.807) is 0 Å². The van der Waals surface area contributed by atoms with Gasteiger partial charge in [-0.3, -0.25) is 0 Å². The quantitative estimate of drug-likeness (QED) is 0.209. The smallest absolute Gasteiger partial charge is 0.00266 e. The maximum atomic E-state index is 2.34. The van der Waals surface area contributed by atoms with Crippen molar-refractivity contribution in [1.82, 2.24) is 0 Å². The molecule has 6 rings (SSSR count). The zero-order valence-corrected chi connectivity index (χ0v) is 16.5. The van der Waals surface area contributed by atoms with Crippen LogP contribution >= 0.6 is 0 Å². The van der Waals surface area contributed by atoms with Crippen molar-refractivity contribution >= 4 is 32.3 Å². The summed E-state index contributed by atoms with van der Waals surface area (Å²) in [5.74, 6) is 0. The van der Waals surface area contributed by atoms with Crippen molar-refractivity contribution in [3.8, 4) is 22.3 Å². The Labute approximate surface area is 176 Å². The Morgan fingerprint density at radius 3 is 1.83 bits per heavy atom. The van der Waals surface area contributed by atoms with E-state index in [0.717, 1.165) is 0 Å². The molecule has 0 N–H and O–H groups in total. The van der Waals surface area contributed by atoms with Crippen molar-refractivity contribution in [2.75, 3.05) is 0 Å². The van der Waals surface area contributed by atoms with Gasteiger partial charge in [0.2, 0.25) is 0 Å². The zero-order valence-electron chi connectivity index (χ0n) is 16.5. The summed E-state index contributed by atoms with van der Waals surface area (Å²) in [5, 5.41) is 7.77. The summed E-state index contributed by atoms with van der Waals surface area (Å²) in [6.07, 6.45) is 0. The monoisotopic (exact) mass is 380 g/mol. The summed E-state index contributed by atoms with van der Waals surface area (Å²) in [4.78, 5) is 0. The van der Waals surface area contributed by atoms with E-state index in [4.69, 9.17) is 0 Å². The highest BCUT2D eigenvalue weighted by molar-refractivity contribution is 6.17. The molecule has 140 valence electrons. The average Bonchev–Trinajstić information content (AvgIpc) is 2.83. The average molecular weight is 380 g/mol. The van der Waals surface area contributed by atoms with Gasteiger partial charge in [-0.25, -0.2) is 0 Å². The highest BCUT2D eigenvalue weighted by Crippen LogP contribution is 2.37. The molecule has 0 heterocycles. The fraction of sp³-hybridized carbons (Fsp3) is 0. The Kier molecular flexibility index (Phi) is 3.89. The fourth-order valence-electron chi connectivity index (χ4n) is 4.54. The third kappa shape index (κ3) is 2.77. The highest BCUT2D eigenvalue weighted by atomic mass is 14.1. The molecule has 0 saturated heterocycles. The summed E-state index contributed by atoms with van der Waals surface area (Å²) >= 11 is 0. The van der Waals surface area contributed by atoms with E-state index in [1.165, 1.54) is 54.6 Å². The number of fused-ring (bicyclic) bond motifs is 4. The van der Waals surface area contributed by atoms with Gasteiger partial charge in [-0.15, -0.1) is 0 Å². The lowest BCUT2D eigenvalue weighted by molar-refractivity contribution is 1.61. The summed E-state index contributed by atoms with van der Waals surface area (Å²) in [6, 6.07) is 43.9. The van der Waals surface area contributed by atoms with Crippen LogP contribution in [0.3, 0.4) is 0 Å². The second-order valence-corrected chi connectivity index (χ2v) is 7.84. The first-order valence-electron chi connectivity index (χ1n) is 10.4. The molecular weight excluding hydrogens is 360 g/mol. The van der Waals surface area contributed by atoms with E-state index in [2.05, 4.69) is 121 Å². The normalized spacial score (nSPS) is 11.3.